The van der Waals surface area contributed by atoms with Crippen molar-refractivity contribution in [1.29, 1.82) is 0 Å². The maximum Gasteiger partial charge on any atom is 0.264 e. The fraction of sp³-hybridized carbons (Fsp3) is 0.321. The zero-order chi connectivity index (χ0) is 24.6. The van der Waals surface area contributed by atoms with Gasteiger partial charge in [0.05, 0.1) is 23.2 Å². The van der Waals surface area contributed by atoms with E-state index >= 15 is 0 Å². The molecule has 1 aliphatic heterocycles. The lowest BCUT2D eigenvalue weighted by Gasteiger charge is -2.35. The Morgan fingerprint density at radius 3 is 2.49 bits per heavy atom. The van der Waals surface area contributed by atoms with Crippen molar-refractivity contribution in [2.45, 2.75) is 56.6 Å². The molecule has 0 bridgehead atoms. The van der Waals surface area contributed by atoms with Crippen LogP contribution in [0.5, 0.6) is 5.75 Å². The first-order chi connectivity index (χ1) is 16.8. The average Bonchev–Trinajstić information content (AvgIpc) is 2.87. The van der Waals surface area contributed by atoms with Crippen LogP contribution in [0.4, 0.5) is 5.69 Å². The highest BCUT2D eigenvalue weighted by Crippen LogP contribution is 2.37. The third-order valence-electron chi connectivity index (χ3n) is 6.87. The molecule has 0 fully saturated rings. The van der Waals surface area contributed by atoms with Crippen LogP contribution in [0, 0.1) is 6.92 Å². The van der Waals surface area contributed by atoms with E-state index in [0.29, 0.717) is 11.4 Å². The summed E-state index contributed by atoms with van der Waals surface area (Å²) >= 11 is 0. The molecule has 2 aliphatic rings. The van der Waals surface area contributed by atoms with Crippen LogP contribution in [-0.4, -0.2) is 27.0 Å². The molecule has 6 nitrogen and oxygen atoms in total. The summed E-state index contributed by atoms with van der Waals surface area (Å²) in [6, 6.07) is 19.8. The highest BCUT2D eigenvalue weighted by molar-refractivity contribution is 7.92. The highest BCUT2D eigenvalue weighted by atomic mass is 32.2. The Labute approximate surface area is 207 Å². The molecule has 5 rings (SSSR count). The maximum atomic E-state index is 13.5. The second-order valence-electron chi connectivity index (χ2n) is 9.39. The Morgan fingerprint density at radius 2 is 1.71 bits per heavy atom. The zero-order valence-corrected chi connectivity index (χ0v) is 20.8. The predicted octanol–water partition coefficient (Wildman–Crippen LogP) is 4.71. The number of sulfonamides is 1. The first-order valence-electron chi connectivity index (χ1n) is 12.1. The van der Waals surface area contributed by atoms with E-state index in [9.17, 15) is 13.2 Å². The Balaban J connectivity index is 1.38. The third kappa shape index (κ3) is 4.65. The van der Waals surface area contributed by atoms with Gasteiger partial charge in [0.15, 0.2) is 6.10 Å². The van der Waals surface area contributed by atoms with E-state index in [-0.39, 0.29) is 23.4 Å². The normalized spacial score (nSPS) is 18.1. The first-order valence-corrected chi connectivity index (χ1v) is 13.5. The molecule has 1 aliphatic carbocycles. The number of para-hydroxylation sites is 2. The summed E-state index contributed by atoms with van der Waals surface area (Å²) in [6.45, 7) is 3.75. The van der Waals surface area contributed by atoms with Crippen molar-refractivity contribution in [3.8, 4) is 5.75 Å². The molecule has 1 N–H and O–H groups in total. The number of rotatable bonds is 5. The minimum absolute atomic E-state index is 0.101. The number of amides is 1. The van der Waals surface area contributed by atoms with Crippen molar-refractivity contribution in [3.05, 3.63) is 89.0 Å². The quantitative estimate of drug-likeness (QED) is 0.562. The maximum absolute atomic E-state index is 13.5. The minimum Gasteiger partial charge on any atom is -0.476 e. The van der Waals surface area contributed by atoms with Gasteiger partial charge in [-0.25, -0.2) is 8.42 Å². The van der Waals surface area contributed by atoms with E-state index < -0.39 is 16.1 Å². The van der Waals surface area contributed by atoms with E-state index in [0.717, 1.165) is 24.0 Å². The average molecular weight is 491 g/mol. The number of carbonyl (C=O) groups is 1. The monoisotopic (exact) mass is 490 g/mol. The molecule has 0 saturated carbocycles. The third-order valence-corrected chi connectivity index (χ3v) is 8.66. The Kier molecular flexibility index (Phi) is 6.28. The van der Waals surface area contributed by atoms with Gasteiger partial charge in [-0.1, -0.05) is 48.0 Å². The van der Waals surface area contributed by atoms with Crippen molar-refractivity contribution in [2.24, 2.45) is 0 Å². The Morgan fingerprint density at radius 1 is 1.00 bits per heavy atom. The van der Waals surface area contributed by atoms with E-state index in [1.165, 1.54) is 28.3 Å². The molecule has 0 saturated heterocycles. The summed E-state index contributed by atoms with van der Waals surface area (Å²) in [5.41, 5.74) is 5.19. The van der Waals surface area contributed by atoms with Gasteiger partial charge in [0.1, 0.15) is 5.75 Å². The zero-order valence-electron chi connectivity index (χ0n) is 20.0. The molecule has 0 spiro atoms. The number of carbonyl (C=O) groups excluding carboxylic acids is 1. The number of nitrogens with zero attached hydrogens (tertiary/aromatic N) is 1. The molecular weight excluding hydrogens is 460 g/mol. The molecule has 182 valence electrons. The van der Waals surface area contributed by atoms with Gasteiger partial charge >= 0.3 is 0 Å². The van der Waals surface area contributed by atoms with Crippen LogP contribution in [0.2, 0.25) is 0 Å². The van der Waals surface area contributed by atoms with Crippen molar-refractivity contribution in [2.75, 3.05) is 10.8 Å². The standard InChI is InChI=1S/C28H30N2O4S/c1-19-11-15-24(16-12-19)35(32,33)30-18-27(34-26-10-6-5-9-25(26)30)28(31)29-20(2)22-14-13-21-7-3-4-8-23(21)17-22/h5-6,9-17,20,27H,3-4,7-8,18H2,1-2H3,(H,29,31)/t20-,27-/m0/s1. The lowest BCUT2D eigenvalue weighted by Crippen LogP contribution is -2.51. The molecule has 35 heavy (non-hydrogen) atoms. The SMILES string of the molecule is Cc1ccc(S(=O)(=O)N2C[C@@H](C(=O)N[C@@H](C)c3ccc4c(c3)CCCC4)Oc3ccccc32)cc1. The minimum atomic E-state index is -3.88. The molecule has 0 unspecified atom stereocenters. The van der Waals surface area contributed by atoms with Gasteiger partial charge in [0.25, 0.3) is 15.9 Å². The number of anilines is 1. The summed E-state index contributed by atoms with van der Waals surface area (Å²) in [6.07, 6.45) is 3.62. The number of nitrogens with one attached hydrogen (secondary N) is 1. The van der Waals surface area contributed by atoms with Crippen molar-refractivity contribution < 1.29 is 17.9 Å². The van der Waals surface area contributed by atoms with Crippen molar-refractivity contribution >= 4 is 21.6 Å². The van der Waals surface area contributed by atoms with Gasteiger partial charge in [-0.15, -0.1) is 0 Å². The second-order valence-corrected chi connectivity index (χ2v) is 11.3. The van der Waals surface area contributed by atoms with Crippen LogP contribution in [0.15, 0.2) is 71.6 Å². The largest absolute Gasteiger partial charge is 0.476 e. The van der Waals surface area contributed by atoms with Gasteiger partial charge in [-0.2, -0.15) is 0 Å². The summed E-state index contributed by atoms with van der Waals surface area (Å²) in [4.78, 5) is 13.5. The Bertz CT molecular complexity index is 1350. The van der Waals surface area contributed by atoms with Crippen molar-refractivity contribution in [3.63, 3.8) is 0 Å². The van der Waals surface area contributed by atoms with Crippen LogP contribution >= 0.6 is 0 Å². The predicted molar refractivity (Wildman–Crippen MR) is 136 cm³/mol. The van der Waals surface area contributed by atoms with E-state index in [1.54, 1.807) is 48.5 Å². The molecule has 1 amide bonds. The molecule has 3 aromatic rings. The van der Waals surface area contributed by atoms with Crippen molar-refractivity contribution in [1.82, 2.24) is 5.32 Å². The Hall–Kier alpha value is -3.32. The molecule has 0 radical (unpaired) electrons. The molecule has 0 aromatic heterocycles. The summed E-state index contributed by atoms with van der Waals surface area (Å²) in [5, 5.41) is 3.04. The number of aryl methyl sites for hydroxylation is 3. The number of benzene rings is 3. The molecule has 7 heteroatoms. The lowest BCUT2D eigenvalue weighted by atomic mass is 9.89. The van der Waals surface area contributed by atoms with Gasteiger partial charge in [-0.3, -0.25) is 9.10 Å². The lowest BCUT2D eigenvalue weighted by molar-refractivity contribution is -0.128. The number of fused-ring (bicyclic) bond motifs is 2. The van der Waals surface area contributed by atoms with E-state index in [2.05, 4.69) is 23.5 Å². The fourth-order valence-corrected chi connectivity index (χ4v) is 6.29. The number of hydrogen-bond acceptors (Lipinski definition) is 4. The van der Waals surface area contributed by atoms with Gasteiger partial charge < -0.3 is 10.1 Å². The smallest absolute Gasteiger partial charge is 0.264 e. The van der Waals surface area contributed by atoms with E-state index in [1.807, 2.05) is 13.8 Å². The summed E-state index contributed by atoms with van der Waals surface area (Å²) in [7, 11) is -3.88. The van der Waals surface area contributed by atoms with Crippen LogP contribution in [-0.2, 0) is 27.7 Å². The number of hydrogen-bond donors (Lipinski definition) is 1. The van der Waals surface area contributed by atoms with Crippen LogP contribution in [0.25, 0.3) is 0 Å². The summed E-state index contributed by atoms with van der Waals surface area (Å²) in [5.74, 6) is 0.0323. The van der Waals surface area contributed by atoms with Gasteiger partial charge in [0, 0.05) is 0 Å². The van der Waals surface area contributed by atoms with E-state index in [4.69, 9.17) is 4.74 Å². The van der Waals surface area contributed by atoms with Crippen LogP contribution in [0.1, 0.15) is 48.1 Å². The van der Waals surface area contributed by atoms with Crippen LogP contribution in [0.3, 0.4) is 0 Å². The number of ether oxygens (including phenoxy) is 1. The fourth-order valence-electron chi connectivity index (χ4n) is 4.82. The first kappa shape index (κ1) is 23.4. The molecular formula is C28H30N2O4S. The van der Waals surface area contributed by atoms with Gasteiger partial charge in [0.2, 0.25) is 0 Å². The summed E-state index contributed by atoms with van der Waals surface area (Å²) < 4.78 is 34.4. The molecule has 3 aromatic carbocycles. The van der Waals surface area contributed by atoms with Crippen LogP contribution < -0.4 is 14.4 Å². The highest BCUT2D eigenvalue weighted by Gasteiger charge is 2.37. The molecule has 1 heterocycles. The van der Waals surface area contributed by atoms with Gasteiger partial charge in [-0.05, 0) is 80.5 Å². The molecule has 2 atom stereocenters. The topological polar surface area (TPSA) is 75.7 Å². The second kappa shape index (κ2) is 9.38.